The first-order chi connectivity index (χ1) is 17.0. The molecule has 1 N–H and O–H groups in total. The van der Waals surface area contributed by atoms with Crippen molar-refractivity contribution in [2.45, 2.75) is 26.7 Å². The number of likely N-dealkylation sites (N-methyl/N-ethyl adjacent to an activating group) is 1. The molecule has 1 aliphatic heterocycles. The van der Waals surface area contributed by atoms with Crippen molar-refractivity contribution in [1.29, 1.82) is 0 Å². The van der Waals surface area contributed by atoms with Crippen LogP contribution in [0.15, 0.2) is 59.7 Å². The van der Waals surface area contributed by atoms with Gasteiger partial charge in [-0.1, -0.05) is 38.1 Å². The number of Topliss-reactive ketones (excluding diaryl/α,β-unsaturated/α-hetero) is 1. The molecule has 2 aromatic rings. The highest BCUT2D eigenvalue weighted by Crippen LogP contribution is 2.33. The highest BCUT2D eigenvalue weighted by molar-refractivity contribution is 6.15. The topological polar surface area (TPSA) is 70.1 Å². The first-order valence-corrected chi connectivity index (χ1v) is 12.5. The number of likely N-dealkylation sites (tertiary alicyclic amines) is 1. The second-order valence-corrected chi connectivity index (χ2v) is 9.18. The number of benzene rings is 2. The van der Waals surface area contributed by atoms with Crippen LogP contribution in [-0.2, 0) is 9.59 Å². The third kappa shape index (κ3) is 6.61. The summed E-state index contributed by atoms with van der Waals surface area (Å²) in [6.07, 6.45) is 5.47. The van der Waals surface area contributed by atoms with E-state index in [-0.39, 0.29) is 29.9 Å². The Labute approximate surface area is 207 Å². The van der Waals surface area contributed by atoms with Gasteiger partial charge in [-0.25, -0.2) is 0 Å². The van der Waals surface area contributed by atoms with Crippen molar-refractivity contribution < 1.29 is 19.4 Å². The van der Waals surface area contributed by atoms with Gasteiger partial charge >= 0.3 is 0 Å². The molecule has 0 atom stereocenters. The Kier molecular flexibility index (Phi) is 8.03. The number of carbonyl (C=O) groups excluding carboxylic acids is 2. The van der Waals surface area contributed by atoms with Gasteiger partial charge in [-0.15, -0.1) is 0 Å². The van der Waals surface area contributed by atoms with E-state index < -0.39 is 0 Å². The second kappa shape index (κ2) is 11.4. The number of ketones is 1. The highest BCUT2D eigenvalue weighted by atomic mass is 16.5. The first kappa shape index (κ1) is 24.7. The van der Waals surface area contributed by atoms with Crippen molar-refractivity contribution in [3.63, 3.8) is 0 Å². The van der Waals surface area contributed by atoms with E-state index in [1.165, 1.54) is 0 Å². The van der Waals surface area contributed by atoms with Crippen molar-refractivity contribution >= 4 is 23.8 Å². The van der Waals surface area contributed by atoms with Crippen LogP contribution >= 0.6 is 0 Å². The van der Waals surface area contributed by atoms with Gasteiger partial charge in [0, 0.05) is 36.7 Å². The molecule has 6 heteroatoms. The summed E-state index contributed by atoms with van der Waals surface area (Å²) in [7, 11) is 0. The van der Waals surface area contributed by atoms with Crippen molar-refractivity contribution in [2.24, 2.45) is 5.92 Å². The van der Waals surface area contributed by atoms with Crippen LogP contribution in [0.1, 0.15) is 37.8 Å². The Balaban J connectivity index is 1.56. The van der Waals surface area contributed by atoms with E-state index in [0.717, 1.165) is 49.4 Å². The molecule has 0 bridgehead atoms. The molecule has 1 saturated carbocycles. The van der Waals surface area contributed by atoms with E-state index in [0.29, 0.717) is 24.3 Å². The van der Waals surface area contributed by atoms with E-state index in [1.807, 2.05) is 36.4 Å². The molecule has 6 nitrogen and oxygen atoms in total. The molecule has 184 valence electrons. The maximum atomic E-state index is 13.4. The molecule has 0 unspecified atom stereocenters. The fraction of sp³-hybridized carbons (Fsp3) is 0.379. The summed E-state index contributed by atoms with van der Waals surface area (Å²) < 4.78 is 5.95. The first-order valence-electron chi connectivity index (χ1n) is 12.5. The zero-order valence-corrected chi connectivity index (χ0v) is 20.6. The third-order valence-corrected chi connectivity index (χ3v) is 6.52. The average Bonchev–Trinajstić information content (AvgIpc) is 3.70. The largest absolute Gasteiger partial charge is 0.508 e. The Hall–Kier alpha value is -3.38. The minimum Gasteiger partial charge on any atom is -0.508 e. The Morgan fingerprint density at radius 1 is 1.03 bits per heavy atom. The van der Waals surface area contributed by atoms with Crippen LogP contribution in [0.25, 0.3) is 12.2 Å². The molecule has 0 aromatic heterocycles. The van der Waals surface area contributed by atoms with Gasteiger partial charge < -0.3 is 19.6 Å². The molecule has 1 amide bonds. The van der Waals surface area contributed by atoms with Gasteiger partial charge in [0.15, 0.2) is 5.78 Å². The lowest BCUT2D eigenvalue weighted by atomic mass is 9.94. The number of aromatic hydroxyl groups is 1. The Bertz CT molecular complexity index is 1130. The average molecular weight is 475 g/mol. The zero-order valence-electron chi connectivity index (χ0n) is 20.6. The van der Waals surface area contributed by atoms with Crippen LogP contribution in [0, 0.1) is 5.92 Å². The fourth-order valence-electron chi connectivity index (χ4n) is 4.33. The number of ether oxygens (including phenoxy) is 1. The van der Waals surface area contributed by atoms with Gasteiger partial charge in [-0.3, -0.25) is 9.59 Å². The summed E-state index contributed by atoms with van der Waals surface area (Å²) in [5.74, 6) is 1.02. The molecule has 1 saturated heterocycles. The summed E-state index contributed by atoms with van der Waals surface area (Å²) in [5.41, 5.74) is 2.73. The van der Waals surface area contributed by atoms with Crippen LogP contribution in [0.3, 0.4) is 0 Å². The minimum atomic E-state index is -0.0685. The summed E-state index contributed by atoms with van der Waals surface area (Å²) in [4.78, 5) is 30.4. The number of amides is 1. The van der Waals surface area contributed by atoms with Gasteiger partial charge in [-0.05, 0) is 73.5 Å². The van der Waals surface area contributed by atoms with Crippen LogP contribution < -0.4 is 4.74 Å². The van der Waals surface area contributed by atoms with Crippen molar-refractivity contribution in [3.05, 3.63) is 70.8 Å². The number of carbonyl (C=O) groups is 2. The lowest BCUT2D eigenvalue weighted by Gasteiger charge is -2.30. The number of phenols is 1. The van der Waals surface area contributed by atoms with Gasteiger partial charge in [0.05, 0.1) is 0 Å². The molecular formula is C29H34N2O4. The van der Waals surface area contributed by atoms with Gasteiger partial charge in [0.25, 0.3) is 0 Å². The van der Waals surface area contributed by atoms with Crippen molar-refractivity contribution in [1.82, 2.24) is 9.80 Å². The molecule has 2 fully saturated rings. The normalized spacial score (nSPS) is 18.5. The highest BCUT2D eigenvalue weighted by Gasteiger charge is 2.37. The lowest BCUT2D eigenvalue weighted by Crippen LogP contribution is -2.42. The minimum absolute atomic E-state index is 0.0685. The molecule has 1 heterocycles. The van der Waals surface area contributed by atoms with Crippen LogP contribution in [0.5, 0.6) is 11.5 Å². The number of hydrogen-bond donors (Lipinski definition) is 1. The molecule has 35 heavy (non-hydrogen) atoms. The van der Waals surface area contributed by atoms with E-state index in [4.69, 9.17) is 4.74 Å². The van der Waals surface area contributed by atoms with E-state index in [1.54, 1.807) is 29.2 Å². The number of rotatable bonds is 9. The summed E-state index contributed by atoms with van der Waals surface area (Å²) in [6, 6.07) is 14.5. The number of piperidine rings is 1. The molecule has 2 aliphatic rings. The summed E-state index contributed by atoms with van der Waals surface area (Å²) in [5, 5.41) is 9.82. The maximum Gasteiger partial charge on any atom is 0.226 e. The number of nitrogens with zero attached hydrogens (tertiary/aromatic N) is 2. The predicted molar refractivity (Wildman–Crippen MR) is 138 cm³/mol. The predicted octanol–water partition coefficient (Wildman–Crippen LogP) is 4.40. The van der Waals surface area contributed by atoms with E-state index in [9.17, 15) is 14.7 Å². The second-order valence-electron chi connectivity index (χ2n) is 9.18. The summed E-state index contributed by atoms with van der Waals surface area (Å²) >= 11 is 0. The van der Waals surface area contributed by atoms with E-state index in [2.05, 4.69) is 18.7 Å². The van der Waals surface area contributed by atoms with Crippen LogP contribution in [0.2, 0.25) is 0 Å². The van der Waals surface area contributed by atoms with Gasteiger partial charge in [-0.2, -0.15) is 0 Å². The summed E-state index contributed by atoms with van der Waals surface area (Å²) in [6.45, 7) is 8.30. The van der Waals surface area contributed by atoms with Gasteiger partial charge in [0.2, 0.25) is 5.91 Å². The monoisotopic (exact) mass is 474 g/mol. The van der Waals surface area contributed by atoms with E-state index >= 15 is 0 Å². The standard InChI is InChI=1S/C29H34N2O4/c1-3-30(4-2)13-14-35-27-10-6-8-22(18-27)16-25-20-31(29(34)23-11-12-23)19-24(28(25)33)15-21-7-5-9-26(32)17-21/h5-10,15-18,23,32H,3-4,11-14,19-20H2,1-2H3/b24-15+,25-16+. The van der Waals surface area contributed by atoms with Gasteiger partial charge in [0.1, 0.15) is 18.1 Å². The SMILES string of the molecule is CCN(CC)CCOc1cccc(/C=C2\CN(C(=O)C3CC3)C/C(=C\c3cccc(O)c3)C2=O)c1. The van der Waals surface area contributed by atoms with Crippen LogP contribution in [-0.4, -0.2) is 65.9 Å². The zero-order chi connectivity index (χ0) is 24.8. The Morgan fingerprint density at radius 3 is 2.26 bits per heavy atom. The Morgan fingerprint density at radius 2 is 1.66 bits per heavy atom. The number of hydrogen-bond acceptors (Lipinski definition) is 5. The molecule has 0 radical (unpaired) electrons. The quantitative estimate of drug-likeness (QED) is 0.546. The van der Waals surface area contributed by atoms with Crippen molar-refractivity contribution in [2.75, 3.05) is 39.3 Å². The molecule has 1 aliphatic carbocycles. The third-order valence-electron chi connectivity index (χ3n) is 6.52. The fourth-order valence-corrected chi connectivity index (χ4v) is 4.33. The van der Waals surface area contributed by atoms with Crippen LogP contribution in [0.4, 0.5) is 0 Å². The molecule has 4 rings (SSSR count). The lowest BCUT2D eigenvalue weighted by molar-refractivity contribution is -0.132. The van der Waals surface area contributed by atoms with Crippen molar-refractivity contribution in [3.8, 4) is 11.5 Å². The molecular weight excluding hydrogens is 440 g/mol. The smallest absolute Gasteiger partial charge is 0.226 e. The molecule has 2 aromatic carbocycles. The maximum absolute atomic E-state index is 13.4. The molecule has 0 spiro atoms. The number of phenolic OH excluding ortho intramolecular Hbond substituents is 1.